The van der Waals surface area contributed by atoms with Crippen molar-refractivity contribution in [2.24, 2.45) is 14.1 Å². The van der Waals surface area contributed by atoms with E-state index in [0.717, 1.165) is 80.9 Å². The van der Waals surface area contributed by atoms with Crippen molar-refractivity contribution in [2.45, 2.75) is 13.8 Å². The second-order valence-corrected chi connectivity index (χ2v) is 17.0. The Balaban J connectivity index is 0.000000180. The van der Waals surface area contributed by atoms with Crippen LogP contribution >= 0.6 is 11.6 Å². The maximum Gasteiger partial charge on any atom is 0.152 e. The lowest BCUT2D eigenvalue weighted by Gasteiger charge is -2.32. The van der Waals surface area contributed by atoms with Gasteiger partial charge in [-0.2, -0.15) is 0 Å². The Kier molecular flexibility index (Phi) is 11.5. The van der Waals surface area contributed by atoms with Gasteiger partial charge in [-0.3, -0.25) is 0 Å². The number of fused-ring (bicyclic) bond motifs is 4. The quantitative estimate of drug-likeness (QED) is 0.165. The minimum absolute atomic E-state index is 0.152. The number of hydrogen-bond donors (Lipinski definition) is 1. The number of benzene rings is 4. The second-order valence-electron chi connectivity index (χ2n) is 16.6. The monoisotopic (exact) mass is 912 g/mol. The number of rotatable bonds is 6. The molecule has 2 saturated heterocycles. The Morgan fingerprint density at radius 2 is 1.14 bits per heavy atom. The van der Waals surface area contributed by atoms with E-state index in [1.54, 1.807) is 6.92 Å². The number of anilines is 4. The Bertz CT molecular complexity index is 3340. The molecule has 0 radical (unpaired) electrons. The Morgan fingerprint density at radius 1 is 0.621 bits per heavy atom. The molecule has 0 amide bonds. The summed E-state index contributed by atoms with van der Waals surface area (Å²) in [6, 6.07) is 22.3. The fourth-order valence-electron chi connectivity index (χ4n) is 9.16. The summed E-state index contributed by atoms with van der Waals surface area (Å²) in [4.78, 5) is 18.7. The van der Waals surface area contributed by atoms with Crippen molar-refractivity contribution in [2.75, 3.05) is 67.7 Å². The first kappa shape index (κ1) is 43.2. The van der Waals surface area contributed by atoms with Gasteiger partial charge in [-0.25, -0.2) is 32.5 Å². The van der Waals surface area contributed by atoms with Crippen LogP contribution < -0.4 is 15.1 Å². The predicted molar refractivity (Wildman–Crippen MR) is 255 cm³/mol. The van der Waals surface area contributed by atoms with E-state index in [1.165, 1.54) is 12.1 Å². The van der Waals surface area contributed by atoms with Crippen molar-refractivity contribution in [3.63, 3.8) is 0 Å². The maximum atomic E-state index is 15.6. The Morgan fingerprint density at radius 3 is 1.71 bits per heavy atom. The number of hydrogen-bond acceptors (Lipinski definition) is 8. The van der Waals surface area contributed by atoms with Gasteiger partial charge in [0.05, 0.1) is 87.9 Å². The van der Waals surface area contributed by atoms with Crippen LogP contribution in [0.5, 0.6) is 0 Å². The van der Waals surface area contributed by atoms with E-state index >= 15 is 4.39 Å². The van der Waals surface area contributed by atoms with E-state index in [2.05, 4.69) is 26.2 Å². The SMILES string of the molecule is Cc1c(-c2cccc3c2ccn3C)nc2cc(F)cc(F)c2c1Cl.Cc1c(-c2cccc3c2ccn3C)nc2cc(F)cc(F)c2c1Nc1cc(N2CCOCC2)cnc1N1CCOCC1. The second kappa shape index (κ2) is 17.6. The van der Waals surface area contributed by atoms with Gasteiger partial charge in [-0.15, -0.1) is 0 Å². The summed E-state index contributed by atoms with van der Waals surface area (Å²) in [7, 11) is 3.96. The van der Waals surface area contributed by atoms with Crippen molar-refractivity contribution in [3.8, 4) is 22.5 Å². The first-order valence-corrected chi connectivity index (χ1v) is 22.1. The van der Waals surface area contributed by atoms with Crippen LogP contribution in [0.1, 0.15) is 11.1 Å². The van der Waals surface area contributed by atoms with Crippen LogP contribution in [0.3, 0.4) is 0 Å². The van der Waals surface area contributed by atoms with Crippen LogP contribution in [0.25, 0.3) is 66.1 Å². The molecular weight excluding hydrogens is 868 g/mol. The van der Waals surface area contributed by atoms with Crippen LogP contribution in [0, 0.1) is 37.1 Å². The summed E-state index contributed by atoms with van der Waals surface area (Å²) in [6.45, 7) is 9.12. The van der Waals surface area contributed by atoms with Crippen LogP contribution in [-0.2, 0) is 23.6 Å². The van der Waals surface area contributed by atoms with Crippen molar-refractivity contribution in [1.29, 1.82) is 0 Å². The molecule has 0 aliphatic carbocycles. The minimum atomic E-state index is -0.699. The van der Waals surface area contributed by atoms with Crippen molar-refractivity contribution in [3.05, 3.63) is 137 Å². The highest BCUT2D eigenvalue weighted by molar-refractivity contribution is 6.36. The van der Waals surface area contributed by atoms with Crippen molar-refractivity contribution >= 4 is 78.1 Å². The van der Waals surface area contributed by atoms with Gasteiger partial charge in [0.25, 0.3) is 0 Å². The van der Waals surface area contributed by atoms with Gasteiger partial charge in [0, 0.05) is 110 Å². The molecule has 15 heteroatoms. The molecule has 7 heterocycles. The highest BCUT2D eigenvalue weighted by Gasteiger charge is 2.25. The molecular formula is C51H45ClF4N8O2. The number of pyridine rings is 3. The lowest BCUT2D eigenvalue weighted by molar-refractivity contribution is 0.122. The number of aryl methyl sites for hydroxylation is 2. The molecule has 4 aromatic carbocycles. The fraction of sp³-hybridized carbons (Fsp3) is 0.235. The Hall–Kier alpha value is -6.74. The number of halogens is 5. The van der Waals surface area contributed by atoms with E-state index in [1.807, 2.05) is 97.3 Å². The Labute approximate surface area is 383 Å². The number of nitrogens with one attached hydrogen (secondary N) is 1. The molecule has 0 atom stereocenters. The average Bonchev–Trinajstić information content (AvgIpc) is 3.90. The predicted octanol–water partition coefficient (Wildman–Crippen LogP) is 11.4. The van der Waals surface area contributed by atoms with Gasteiger partial charge in [-0.1, -0.05) is 35.9 Å². The standard InChI is InChI=1S/C32H32F2N6O2.C19H13ClF2N2/c1-20-30(24-4-3-5-28-23(24)6-7-38(28)2)36-26-17-21(33)16-25(34)29(26)31(20)37-27-18-22(39-8-12-41-13-9-39)19-35-32(27)40-10-14-42-15-11-40;1-10-18(20)17-14(22)8-11(21)9-15(17)23-19(10)13-4-3-5-16-12(13)6-7-24(16)2/h3-7,16-19H,8-15H2,1-2H3,(H,36,37);3-9H,1-2H3. The number of nitrogens with zero attached hydrogens (tertiary/aromatic N) is 7. The molecule has 9 aromatic rings. The van der Waals surface area contributed by atoms with Gasteiger partial charge in [0.2, 0.25) is 0 Å². The zero-order valence-corrected chi connectivity index (χ0v) is 37.5. The highest BCUT2D eigenvalue weighted by Crippen LogP contribution is 2.42. The molecule has 0 bridgehead atoms. The molecule has 10 nitrogen and oxygen atoms in total. The van der Waals surface area contributed by atoms with E-state index in [9.17, 15) is 13.2 Å². The van der Waals surface area contributed by atoms with Gasteiger partial charge >= 0.3 is 0 Å². The molecule has 0 spiro atoms. The van der Waals surface area contributed by atoms with E-state index in [4.69, 9.17) is 31.0 Å². The number of morpholine rings is 2. The van der Waals surface area contributed by atoms with Gasteiger partial charge < -0.3 is 33.7 Å². The van der Waals surface area contributed by atoms with E-state index < -0.39 is 23.3 Å². The van der Waals surface area contributed by atoms with Crippen LogP contribution in [0.15, 0.2) is 97.5 Å². The first-order chi connectivity index (χ1) is 31.9. The van der Waals surface area contributed by atoms with Gasteiger partial charge in [0.15, 0.2) is 5.82 Å². The summed E-state index contributed by atoms with van der Waals surface area (Å²) >= 11 is 6.39. The minimum Gasteiger partial charge on any atom is -0.378 e. The zero-order chi connectivity index (χ0) is 45.8. The third-order valence-corrected chi connectivity index (χ3v) is 13.1. The molecule has 11 rings (SSSR count). The summed E-state index contributed by atoms with van der Waals surface area (Å²) in [6.07, 6.45) is 5.85. The molecule has 0 unspecified atom stereocenters. The zero-order valence-electron chi connectivity index (χ0n) is 36.7. The number of ether oxygens (including phenoxy) is 2. The fourth-order valence-corrected chi connectivity index (χ4v) is 9.44. The highest BCUT2D eigenvalue weighted by atomic mass is 35.5. The smallest absolute Gasteiger partial charge is 0.152 e. The third-order valence-electron chi connectivity index (χ3n) is 12.6. The number of aromatic nitrogens is 5. The van der Waals surface area contributed by atoms with E-state index in [-0.39, 0.29) is 26.8 Å². The van der Waals surface area contributed by atoms with Crippen molar-refractivity contribution < 1.29 is 27.0 Å². The molecule has 5 aromatic heterocycles. The van der Waals surface area contributed by atoms with Gasteiger partial charge in [-0.05, 0) is 55.3 Å². The lowest BCUT2D eigenvalue weighted by atomic mass is 9.98. The molecule has 336 valence electrons. The summed E-state index contributed by atoms with van der Waals surface area (Å²) in [5, 5.41) is 6.26. The van der Waals surface area contributed by atoms with E-state index in [0.29, 0.717) is 62.2 Å². The summed E-state index contributed by atoms with van der Waals surface area (Å²) in [5.74, 6) is -1.95. The third kappa shape index (κ3) is 7.82. The van der Waals surface area contributed by atoms with Crippen LogP contribution in [0.2, 0.25) is 5.02 Å². The first-order valence-electron chi connectivity index (χ1n) is 21.7. The van der Waals surface area contributed by atoms with Gasteiger partial charge in [0.1, 0.15) is 23.3 Å². The largest absolute Gasteiger partial charge is 0.378 e. The van der Waals surface area contributed by atoms with Crippen molar-refractivity contribution in [1.82, 2.24) is 24.1 Å². The van der Waals surface area contributed by atoms with Crippen LogP contribution in [-0.4, -0.2) is 76.7 Å². The molecule has 2 aliphatic rings. The molecule has 0 saturated carbocycles. The van der Waals surface area contributed by atoms with Crippen LogP contribution in [0.4, 0.5) is 40.4 Å². The maximum absolute atomic E-state index is 15.6. The topological polar surface area (TPSA) is 85.5 Å². The summed E-state index contributed by atoms with van der Waals surface area (Å²) in [5.41, 5.74) is 9.30. The average molecular weight is 913 g/mol. The summed E-state index contributed by atoms with van der Waals surface area (Å²) < 4.78 is 73.1. The molecule has 66 heavy (non-hydrogen) atoms. The normalized spacial score (nSPS) is 14.4. The molecule has 2 aliphatic heterocycles. The lowest BCUT2D eigenvalue weighted by Crippen LogP contribution is -2.38. The molecule has 1 N–H and O–H groups in total. The molecule has 2 fully saturated rings.